The van der Waals surface area contributed by atoms with Crippen molar-refractivity contribution in [2.24, 2.45) is 5.73 Å². The molecule has 84 valence electrons. The molecule has 2 N–H and O–H groups in total. The Hall–Kier alpha value is -0.520. The summed E-state index contributed by atoms with van der Waals surface area (Å²) >= 11 is 10.8. The Labute approximate surface area is 92.8 Å². The van der Waals surface area contributed by atoms with Gasteiger partial charge in [0.25, 0.3) is 0 Å². The van der Waals surface area contributed by atoms with Crippen LogP contribution in [-0.2, 0) is 0 Å². The van der Waals surface area contributed by atoms with Crippen LogP contribution in [0.25, 0.3) is 0 Å². The van der Waals surface area contributed by atoms with Crippen LogP contribution in [0.2, 0.25) is 10.0 Å². The van der Waals surface area contributed by atoms with Crippen LogP contribution in [0, 0.1) is 5.82 Å². The van der Waals surface area contributed by atoms with Crippen molar-refractivity contribution in [2.45, 2.75) is 12.2 Å². The molecule has 0 aliphatic rings. The third kappa shape index (κ3) is 2.53. The first-order valence-electron chi connectivity index (χ1n) is 3.71. The number of hydrogen-bond donors (Lipinski definition) is 1. The Kier molecular flexibility index (Phi) is 3.48. The standard InChI is InChI=1S/C8H5Cl2F4N/c9-3-1-2-4(11)6(10)5(3)7(15)8(12,13)14/h1-2,7H,15H2/t7-/m1/s1. The van der Waals surface area contributed by atoms with Gasteiger partial charge in [-0.3, -0.25) is 0 Å². The van der Waals surface area contributed by atoms with Crippen LogP contribution in [0.1, 0.15) is 11.6 Å². The van der Waals surface area contributed by atoms with Crippen LogP contribution in [0.3, 0.4) is 0 Å². The highest BCUT2D eigenvalue weighted by atomic mass is 35.5. The summed E-state index contributed by atoms with van der Waals surface area (Å²) < 4.78 is 49.7. The van der Waals surface area contributed by atoms with E-state index in [1.807, 2.05) is 0 Å². The predicted molar refractivity (Wildman–Crippen MR) is 49.4 cm³/mol. The van der Waals surface area contributed by atoms with Gasteiger partial charge in [0, 0.05) is 10.6 Å². The summed E-state index contributed by atoms with van der Waals surface area (Å²) in [6, 6.07) is -0.547. The molecule has 1 atom stereocenters. The number of hydrogen-bond acceptors (Lipinski definition) is 1. The van der Waals surface area contributed by atoms with Crippen molar-refractivity contribution in [1.82, 2.24) is 0 Å². The molecule has 0 radical (unpaired) electrons. The van der Waals surface area contributed by atoms with Crippen molar-refractivity contribution < 1.29 is 17.6 Å². The molecule has 0 saturated carbocycles. The minimum Gasteiger partial charge on any atom is -0.316 e. The topological polar surface area (TPSA) is 26.0 Å². The fourth-order valence-electron chi connectivity index (χ4n) is 0.992. The third-order valence-corrected chi connectivity index (χ3v) is 2.46. The van der Waals surface area contributed by atoms with Crippen LogP contribution in [0.4, 0.5) is 17.6 Å². The van der Waals surface area contributed by atoms with Gasteiger partial charge in [0.15, 0.2) is 0 Å². The Balaban J connectivity index is 3.31. The molecule has 1 rings (SSSR count). The summed E-state index contributed by atoms with van der Waals surface area (Å²) in [5, 5.41) is -1.02. The largest absolute Gasteiger partial charge is 0.407 e. The van der Waals surface area contributed by atoms with Gasteiger partial charge < -0.3 is 5.73 Å². The fourth-order valence-corrected chi connectivity index (χ4v) is 1.60. The van der Waals surface area contributed by atoms with E-state index in [0.29, 0.717) is 0 Å². The molecule has 0 heterocycles. The Morgan fingerprint density at radius 1 is 1.20 bits per heavy atom. The molecule has 7 heteroatoms. The van der Waals surface area contributed by atoms with Crippen LogP contribution in [0.5, 0.6) is 0 Å². The zero-order chi connectivity index (χ0) is 11.8. The monoisotopic (exact) mass is 261 g/mol. The lowest BCUT2D eigenvalue weighted by molar-refractivity contribution is -0.149. The molecule has 0 bridgehead atoms. The molecule has 0 fully saturated rings. The first kappa shape index (κ1) is 12.5. The third-order valence-electron chi connectivity index (χ3n) is 1.74. The molecule has 15 heavy (non-hydrogen) atoms. The smallest absolute Gasteiger partial charge is 0.316 e. The maximum atomic E-state index is 12.9. The zero-order valence-corrected chi connectivity index (χ0v) is 8.59. The van der Waals surface area contributed by atoms with E-state index >= 15 is 0 Å². The predicted octanol–water partition coefficient (Wildman–Crippen LogP) is 3.69. The molecule has 0 saturated heterocycles. The lowest BCUT2D eigenvalue weighted by atomic mass is 10.1. The van der Waals surface area contributed by atoms with E-state index in [2.05, 4.69) is 0 Å². The number of halogens is 6. The summed E-state index contributed by atoms with van der Waals surface area (Å²) in [5.74, 6) is -0.990. The Morgan fingerprint density at radius 2 is 1.73 bits per heavy atom. The lowest BCUT2D eigenvalue weighted by Crippen LogP contribution is -2.29. The first-order valence-corrected chi connectivity index (χ1v) is 4.46. The van der Waals surface area contributed by atoms with Gasteiger partial charge in [0.05, 0.1) is 5.02 Å². The normalized spacial score (nSPS) is 14.1. The Morgan fingerprint density at radius 3 is 2.20 bits per heavy atom. The molecule has 0 amide bonds. The number of benzene rings is 1. The van der Waals surface area contributed by atoms with Gasteiger partial charge in [0.2, 0.25) is 0 Å². The maximum Gasteiger partial charge on any atom is 0.407 e. The Bertz CT molecular complexity index is 378. The molecule has 1 aromatic rings. The van der Waals surface area contributed by atoms with E-state index in [0.717, 1.165) is 12.1 Å². The second kappa shape index (κ2) is 4.15. The fraction of sp³-hybridized carbons (Fsp3) is 0.250. The van der Waals surface area contributed by atoms with Gasteiger partial charge in [-0.25, -0.2) is 4.39 Å². The summed E-state index contributed by atoms with van der Waals surface area (Å²) in [4.78, 5) is 0. The molecule has 0 aliphatic carbocycles. The SMILES string of the molecule is N[C@H](c1c(Cl)ccc(F)c1Cl)C(F)(F)F. The van der Waals surface area contributed by atoms with Crippen LogP contribution < -0.4 is 5.73 Å². The second-order valence-corrected chi connectivity index (χ2v) is 3.56. The molecule has 0 aromatic heterocycles. The highest BCUT2D eigenvalue weighted by molar-refractivity contribution is 6.36. The molecule has 0 unspecified atom stereocenters. The van der Waals surface area contributed by atoms with Crippen LogP contribution in [-0.4, -0.2) is 6.18 Å². The minimum atomic E-state index is -4.72. The first-order chi connectivity index (χ1) is 6.75. The van der Waals surface area contributed by atoms with Gasteiger partial charge in [-0.05, 0) is 12.1 Å². The average Bonchev–Trinajstić information content (AvgIpc) is 2.10. The van der Waals surface area contributed by atoms with Gasteiger partial charge in [-0.15, -0.1) is 0 Å². The zero-order valence-electron chi connectivity index (χ0n) is 7.08. The van der Waals surface area contributed by atoms with Gasteiger partial charge >= 0.3 is 6.18 Å². The second-order valence-electron chi connectivity index (χ2n) is 2.78. The number of nitrogens with two attached hydrogens (primary N) is 1. The molecule has 0 spiro atoms. The minimum absolute atomic E-state index is 0.314. The lowest BCUT2D eigenvalue weighted by Gasteiger charge is -2.18. The van der Waals surface area contributed by atoms with Crippen molar-refractivity contribution in [3.8, 4) is 0 Å². The summed E-state index contributed by atoms with van der Waals surface area (Å²) in [6.07, 6.45) is -4.72. The van der Waals surface area contributed by atoms with Gasteiger partial charge in [-0.2, -0.15) is 13.2 Å². The molecule has 1 nitrogen and oxygen atoms in total. The van der Waals surface area contributed by atoms with E-state index in [4.69, 9.17) is 28.9 Å². The highest BCUT2D eigenvalue weighted by Crippen LogP contribution is 2.39. The van der Waals surface area contributed by atoms with Crippen molar-refractivity contribution >= 4 is 23.2 Å². The van der Waals surface area contributed by atoms with Gasteiger partial charge in [-0.1, -0.05) is 23.2 Å². The number of rotatable bonds is 1. The van der Waals surface area contributed by atoms with Crippen molar-refractivity contribution in [3.63, 3.8) is 0 Å². The summed E-state index contributed by atoms with van der Waals surface area (Å²) in [6.45, 7) is 0. The number of alkyl halides is 3. The van der Waals surface area contributed by atoms with Crippen LogP contribution in [0.15, 0.2) is 12.1 Å². The van der Waals surface area contributed by atoms with E-state index < -0.39 is 28.6 Å². The maximum absolute atomic E-state index is 12.9. The van der Waals surface area contributed by atoms with E-state index in [-0.39, 0.29) is 5.02 Å². The van der Waals surface area contributed by atoms with Crippen molar-refractivity contribution in [1.29, 1.82) is 0 Å². The molecule has 0 aliphatic heterocycles. The quantitative estimate of drug-likeness (QED) is 0.606. The van der Waals surface area contributed by atoms with Crippen molar-refractivity contribution in [3.05, 3.63) is 33.6 Å². The molecular formula is C8H5Cl2F4N. The van der Waals surface area contributed by atoms with E-state index in [1.54, 1.807) is 0 Å². The summed E-state index contributed by atoms with van der Waals surface area (Å²) in [7, 11) is 0. The highest BCUT2D eigenvalue weighted by Gasteiger charge is 2.40. The molecular weight excluding hydrogens is 257 g/mol. The van der Waals surface area contributed by atoms with Crippen molar-refractivity contribution in [2.75, 3.05) is 0 Å². The van der Waals surface area contributed by atoms with Crippen LogP contribution >= 0.6 is 23.2 Å². The molecule has 1 aromatic carbocycles. The van der Waals surface area contributed by atoms with Gasteiger partial charge in [0.1, 0.15) is 11.9 Å². The van der Waals surface area contributed by atoms with E-state index in [1.165, 1.54) is 0 Å². The summed E-state index contributed by atoms with van der Waals surface area (Å²) in [5.41, 5.74) is 4.23. The average molecular weight is 262 g/mol. The van der Waals surface area contributed by atoms with E-state index in [9.17, 15) is 17.6 Å².